The van der Waals surface area contributed by atoms with Gasteiger partial charge in [0.05, 0.1) is 19.8 Å². The van der Waals surface area contributed by atoms with E-state index in [-0.39, 0.29) is 29.6 Å². The van der Waals surface area contributed by atoms with Crippen molar-refractivity contribution in [3.8, 4) is 28.4 Å². The third-order valence-electron chi connectivity index (χ3n) is 7.12. The van der Waals surface area contributed by atoms with Crippen LogP contribution in [0.3, 0.4) is 0 Å². The predicted molar refractivity (Wildman–Crippen MR) is 140 cm³/mol. The van der Waals surface area contributed by atoms with Crippen molar-refractivity contribution >= 4 is 0 Å². The highest BCUT2D eigenvalue weighted by atomic mass is 19.2. The summed E-state index contributed by atoms with van der Waals surface area (Å²) < 4.78 is 74.4. The van der Waals surface area contributed by atoms with Crippen molar-refractivity contribution in [3.63, 3.8) is 0 Å². The second-order valence-corrected chi connectivity index (χ2v) is 9.71. The minimum atomic E-state index is -0.984. The zero-order valence-corrected chi connectivity index (χ0v) is 21.9. The van der Waals surface area contributed by atoms with Gasteiger partial charge >= 0.3 is 0 Å². The number of rotatable bonds is 11. The van der Waals surface area contributed by atoms with Gasteiger partial charge in [-0.05, 0) is 92.3 Å². The molecule has 1 fully saturated rings. The summed E-state index contributed by atoms with van der Waals surface area (Å²) in [6.45, 7) is 4.85. The van der Waals surface area contributed by atoms with Gasteiger partial charge in [0.15, 0.2) is 23.1 Å². The molecule has 3 nitrogen and oxygen atoms in total. The van der Waals surface area contributed by atoms with Crippen LogP contribution >= 0.6 is 0 Å². The predicted octanol–water partition coefficient (Wildman–Crippen LogP) is 8.84. The first kappa shape index (κ1) is 27.8. The summed E-state index contributed by atoms with van der Waals surface area (Å²) in [4.78, 5) is 0. The van der Waals surface area contributed by atoms with Gasteiger partial charge in [0.1, 0.15) is 5.75 Å². The third kappa shape index (κ3) is 6.43. The van der Waals surface area contributed by atoms with E-state index in [1.165, 1.54) is 18.2 Å². The molecule has 0 heterocycles. The number of halogens is 4. The maximum atomic E-state index is 14.7. The standard InChI is InChI=1S/C31H34F4O3/c1-3-5-18-37-27-17-15-25(29(33)31(27)35)22-10-12-23(13-11-22)38-19-20-6-8-21(9-7-20)24-14-16-26(36-4-2)30(34)28(24)32/h10-17,20-21H,3-9,18-19H2,1-2H3/t20-,21-. The van der Waals surface area contributed by atoms with Crippen molar-refractivity contribution in [1.29, 1.82) is 0 Å². The van der Waals surface area contributed by atoms with E-state index < -0.39 is 23.3 Å². The van der Waals surface area contributed by atoms with Crippen LogP contribution < -0.4 is 14.2 Å². The summed E-state index contributed by atoms with van der Waals surface area (Å²) >= 11 is 0. The van der Waals surface area contributed by atoms with Gasteiger partial charge in [0.25, 0.3) is 0 Å². The lowest BCUT2D eigenvalue weighted by molar-refractivity contribution is 0.198. The Bertz CT molecular complexity index is 1200. The van der Waals surface area contributed by atoms with Gasteiger partial charge in [-0.2, -0.15) is 8.78 Å². The molecule has 3 aromatic rings. The fourth-order valence-electron chi connectivity index (χ4n) is 4.91. The molecule has 0 aromatic heterocycles. The molecule has 1 saturated carbocycles. The maximum absolute atomic E-state index is 14.7. The van der Waals surface area contributed by atoms with Crippen LogP contribution in [-0.2, 0) is 0 Å². The zero-order chi connectivity index (χ0) is 27.1. The first-order valence-corrected chi connectivity index (χ1v) is 13.4. The number of benzene rings is 3. The number of hydrogen-bond donors (Lipinski definition) is 0. The molecule has 1 aliphatic rings. The minimum Gasteiger partial charge on any atom is -0.493 e. The van der Waals surface area contributed by atoms with Gasteiger partial charge in [0, 0.05) is 5.56 Å². The molecule has 38 heavy (non-hydrogen) atoms. The Hall–Kier alpha value is -3.22. The van der Waals surface area contributed by atoms with Crippen molar-refractivity contribution < 1.29 is 31.8 Å². The Labute approximate surface area is 221 Å². The van der Waals surface area contributed by atoms with Crippen LogP contribution in [0.2, 0.25) is 0 Å². The lowest BCUT2D eigenvalue weighted by Crippen LogP contribution is -2.20. The van der Waals surface area contributed by atoms with Crippen LogP contribution in [0.5, 0.6) is 17.2 Å². The van der Waals surface area contributed by atoms with Crippen molar-refractivity contribution in [2.45, 2.75) is 58.3 Å². The Kier molecular flexibility index (Phi) is 9.53. The van der Waals surface area contributed by atoms with Crippen molar-refractivity contribution in [3.05, 3.63) is 77.4 Å². The first-order chi connectivity index (χ1) is 18.4. The summed E-state index contributed by atoms with van der Waals surface area (Å²) in [5, 5.41) is 0. The van der Waals surface area contributed by atoms with Gasteiger partial charge < -0.3 is 14.2 Å². The van der Waals surface area contributed by atoms with Crippen LogP contribution in [0, 0.1) is 29.2 Å². The van der Waals surface area contributed by atoms with Crippen molar-refractivity contribution in [2.24, 2.45) is 5.92 Å². The molecule has 0 atom stereocenters. The highest BCUT2D eigenvalue weighted by molar-refractivity contribution is 5.66. The molecule has 7 heteroatoms. The second-order valence-electron chi connectivity index (χ2n) is 9.71. The van der Waals surface area contributed by atoms with Gasteiger partial charge in [-0.15, -0.1) is 0 Å². The van der Waals surface area contributed by atoms with Crippen LogP contribution in [0.1, 0.15) is 63.9 Å². The van der Waals surface area contributed by atoms with Gasteiger partial charge in [0.2, 0.25) is 11.6 Å². The maximum Gasteiger partial charge on any atom is 0.201 e. The van der Waals surface area contributed by atoms with Crippen molar-refractivity contribution in [2.75, 3.05) is 19.8 Å². The van der Waals surface area contributed by atoms with E-state index in [1.807, 2.05) is 6.92 Å². The van der Waals surface area contributed by atoms with E-state index in [1.54, 1.807) is 37.3 Å². The molecule has 0 unspecified atom stereocenters. The highest BCUT2D eigenvalue weighted by Crippen LogP contribution is 2.39. The van der Waals surface area contributed by atoms with Gasteiger partial charge in [-0.25, -0.2) is 8.78 Å². The molecular formula is C31H34F4O3. The Morgan fingerprint density at radius 1 is 0.684 bits per heavy atom. The lowest BCUT2D eigenvalue weighted by atomic mass is 9.79. The second kappa shape index (κ2) is 13.0. The van der Waals surface area contributed by atoms with E-state index in [0.717, 1.165) is 38.5 Å². The third-order valence-corrected chi connectivity index (χ3v) is 7.12. The van der Waals surface area contributed by atoms with Crippen LogP contribution in [0.15, 0.2) is 48.5 Å². The summed E-state index contributed by atoms with van der Waals surface area (Å²) in [6.07, 6.45) is 4.86. The average molecular weight is 531 g/mol. The van der Waals surface area contributed by atoms with Crippen molar-refractivity contribution in [1.82, 2.24) is 0 Å². The van der Waals surface area contributed by atoms with Crippen LogP contribution in [-0.4, -0.2) is 19.8 Å². The summed E-state index contributed by atoms with van der Waals surface area (Å²) in [7, 11) is 0. The normalized spacial score (nSPS) is 17.3. The molecule has 0 saturated heterocycles. The molecule has 1 aliphatic carbocycles. The molecule has 0 bridgehead atoms. The summed E-state index contributed by atoms with van der Waals surface area (Å²) in [5.41, 5.74) is 1.11. The number of unbranched alkanes of at least 4 members (excludes halogenated alkanes) is 1. The average Bonchev–Trinajstić information content (AvgIpc) is 2.94. The quantitative estimate of drug-likeness (QED) is 0.183. The van der Waals surface area contributed by atoms with Gasteiger partial charge in [-0.3, -0.25) is 0 Å². The fourth-order valence-corrected chi connectivity index (χ4v) is 4.91. The van der Waals surface area contributed by atoms with Crippen LogP contribution in [0.25, 0.3) is 11.1 Å². The molecule has 0 N–H and O–H groups in total. The van der Waals surface area contributed by atoms with E-state index in [0.29, 0.717) is 36.0 Å². The monoisotopic (exact) mass is 530 g/mol. The van der Waals surface area contributed by atoms with E-state index in [9.17, 15) is 17.6 Å². The SMILES string of the molecule is CCCCOc1ccc(-c2ccc(OC[C@H]3CC[C@H](c4ccc(OCC)c(F)c4F)CC3)cc2)c(F)c1F. The Morgan fingerprint density at radius 3 is 2.03 bits per heavy atom. The Morgan fingerprint density at radius 2 is 1.34 bits per heavy atom. The van der Waals surface area contributed by atoms with E-state index >= 15 is 0 Å². The molecule has 3 aromatic carbocycles. The largest absolute Gasteiger partial charge is 0.493 e. The van der Waals surface area contributed by atoms with E-state index in [2.05, 4.69) is 0 Å². The zero-order valence-electron chi connectivity index (χ0n) is 21.9. The number of hydrogen-bond acceptors (Lipinski definition) is 3. The molecule has 0 spiro atoms. The Balaban J connectivity index is 1.30. The lowest BCUT2D eigenvalue weighted by Gasteiger charge is -2.29. The smallest absolute Gasteiger partial charge is 0.201 e. The molecule has 0 aliphatic heterocycles. The topological polar surface area (TPSA) is 27.7 Å². The highest BCUT2D eigenvalue weighted by Gasteiger charge is 2.27. The minimum absolute atomic E-state index is 0.0329. The fraction of sp³-hybridized carbons (Fsp3) is 0.419. The van der Waals surface area contributed by atoms with Gasteiger partial charge in [-0.1, -0.05) is 31.5 Å². The molecule has 0 amide bonds. The van der Waals surface area contributed by atoms with E-state index in [4.69, 9.17) is 14.2 Å². The molecule has 204 valence electrons. The summed E-state index contributed by atoms with van der Waals surface area (Å²) in [5.74, 6) is -2.88. The molecule has 4 rings (SSSR count). The first-order valence-electron chi connectivity index (χ1n) is 13.4. The number of ether oxygens (including phenoxy) is 3. The molecule has 0 radical (unpaired) electrons. The molecular weight excluding hydrogens is 496 g/mol. The van der Waals surface area contributed by atoms with Crippen LogP contribution in [0.4, 0.5) is 17.6 Å². The summed E-state index contributed by atoms with van der Waals surface area (Å²) in [6, 6.07) is 13.0.